The van der Waals surface area contributed by atoms with E-state index in [1.54, 1.807) is 6.92 Å². The molecule has 6 heterocycles. The zero-order chi connectivity index (χ0) is 59.7. The lowest BCUT2D eigenvalue weighted by molar-refractivity contribution is -0.393. The normalized spacial score (nSPS) is 46.0. The van der Waals surface area contributed by atoms with E-state index >= 15 is 0 Å². The van der Waals surface area contributed by atoms with Gasteiger partial charge in [-0.3, -0.25) is 9.59 Å². The van der Waals surface area contributed by atoms with Crippen molar-refractivity contribution in [2.45, 2.75) is 223 Å². The Balaban J connectivity index is 1.02. The molecule has 0 aromatic heterocycles. The molecule has 0 aliphatic carbocycles. The third-order valence-electron chi connectivity index (χ3n) is 14.6. The summed E-state index contributed by atoms with van der Waals surface area (Å²) >= 11 is 0. The van der Waals surface area contributed by atoms with Crippen LogP contribution in [0.4, 0.5) is 0 Å². The van der Waals surface area contributed by atoms with E-state index in [9.17, 15) is 111 Å². The quantitative estimate of drug-likeness (QED) is 0.0358. The molecule has 0 bridgehead atoms. The van der Waals surface area contributed by atoms with E-state index in [4.69, 9.17) is 56.8 Å². The first-order valence-corrected chi connectivity index (χ1v) is 26.2. The number of rotatable bonds is 26. The molecule has 0 saturated carbocycles. The first kappa shape index (κ1) is 67.5. The van der Waals surface area contributed by atoms with Gasteiger partial charge in [0, 0.05) is 25.8 Å². The largest absolute Gasteiger partial charge is 0.479 e. The van der Waals surface area contributed by atoms with Gasteiger partial charge in [-0.05, 0) is 12.8 Å². The van der Waals surface area contributed by atoms with E-state index in [1.165, 1.54) is 0 Å². The molecule has 0 radical (unpaired) electrons. The summed E-state index contributed by atoms with van der Waals surface area (Å²) in [5.74, 6) is -2.16. The number of aliphatic carboxylic acids is 1. The zero-order valence-electron chi connectivity index (χ0n) is 43.4. The molecular weight excluding hydrogens is 1110 g/mol. The summed E-state index contributed by atoms with van der Waals surface area (Å²) in [7, 11) is 0. The maximum Gasteiger partial charge on any atom is 0.335 e. The number of unbranched alkanes of at least 4 members (excludes halogenated alkanes) is 1. The van der Waals surface area contributed by atoms with Crippen LogP contribution in [0.5, 0.6) is 0 Å². The number of carbonyl (C=O) groups excluding carboxylic acids is 2. The van der Waals surface area contributed by atoms with Crippen LogP contribution >= 0.6 is 0 Å². The van der Waals surface area contributed by atoms with Crippen LogP contribution < -0.4 is 5.32 Å². The number of ketones is 1. The third kappa shape index (κ3) is 15.7. The Morgan fingerprint density at radius 2 is 0.716 bits per heavy atom. The summed E-state index contributed by atoms with van der Waals surface area (Å²) in [5, 5.41) is 205. The van der Waals surface area contributed by atoms with Crippen LogP contribution in [-0.2, 0) is 71.2 Å². The summed E-state index contributed by atoms with van der Waals surface area (Å²) in [4.78, 5) is 36.2. The summed E-state index contributed by atoms with van der Waals surface area (Å²) in [5.41, 5.74) is 0. The summed E-state index contributed by atoms with van der Waals surface area (Å²) in [6, 6.07) is 0. The number of aliphatic hydroxyl groups is 18. The summed E-state index contributed by atoms with van der Waals surface area (Å²) < 4.78 is 66.4. The smallest absolute Gasteiger partial charge is 0.335 e. The van der Waals surface area contributed by atoms with Gasteiger partial charge in [0.15, 0.2) is 43.8 Å². The molecule has 20 N–H and O–H groups in total. The van der Waals surface area contributed by atoms with Crippen molar-refractivity contribution in [3.63, 3.8) is 0 Å². The van der Waals surface area contributed by atoms with Crippen LogP contribution in [0, 0.1) is 0 Å². The molecule has 0 spiro atoms. The van der Waals surface area contributed by atoms with E-state index < -0.39 is 223 Å². The Morgan fingerprint density at radius 3 is 1.10 bits per heavy atom. The number of ether oxygens (including phenoxy) is 12. The van der Waals surface area contributed by atoms with Gasteiger partial charge >= 0.3 is 5.97 Å². The van der Waals surface area contributed by atoms with E-state index in [0.29, 0.717) is 25.7 Å². The van der Waals surface area contributed by atoms with E-state index in [1.807, 2.05) is 0 Å². The number of carboxylic acid groups (broad SMARTS) is 1. The molecule has 35 heteroatoms. The number of carboxylic acids is 1. The van der Waals surface area contributed by atoms with Crippen LogP contribution in [0.2, 0.25) is 0 Å². The van der Waals surface area contributed by atoms with Crippen molar-refractivity contribution in [1.29, 1.82) is 0 Å². The lowest BCUT2D eigenvalue weighted by atomic mass is 9.95. The number of Topliss-reactive ketones (excluding diaryl/α,β-unsaturated/α-hetero) is 1. The topological polar surface area (TPSA) is 558 Å². The minimum atomic E-state index is -2.38. The Kier molecular flexibility index (Phi) is 25.6. The molecule has 0 aromatic carbocycles. The number of nitrogens with one attached hydrogen (secondary N) is 1. The van der Waals surface area contributed by atoms with Crippen LogP contribution in [0.3, 0.4) is 0 Å². The molecule has 1 amide bonds. The minimum Gasteiger partial charge on any atom is -0.479 e. The van der Waals surface area contributed by atoms with Crippen LogP contribution in [0.25, 0.3) is 0 Å². The second kappa shape index (κ2) is 30.7. The SMILES string of the molecule is CCC(=O)CCCCC(=O)NCCO[C@H]1OC(CO)[C@H](O[C@H]2OC(CO)[C@@H](O[C@@H]3OC(CO)[C@@H](O[C@@H]4OC(C(=O)O)[C@@H](O[C@H]5OC(CO)[C@H](O[C@H]6OC(CO)[C@@H](O)C(O)C6O)C(O)C5O)C(O)C4O)C(O)C3O)C(O)C2O)C(O)C1O. The number of carbonyl (C=O) groups is 3. The van der Waals surface area contributed by atoms with Crippen LogP contribution in [-0.4, -0.2) is 345 Å². The van der Waals surface area contributed by atoms with Gasteiger partial charge in [0.05, 0.1) is 39.6 Å². The maximum atomic E-state index is 12.6. The first-order chi connectivity index (χ1) is 38.5. The molecule has 6 rings (SSSR count). The fourth-order valence-corrected chi connectivity index (χ4v) is 9.85. The first-order valence-electron chi connectivity index (χ1n) is 26.2. The summed E-state index contributed by atoms with van der Waals surface area (Å²) in [6.07, 6.45) is -57.7. The van der Waals surface area contributed by atoms with Gasteiger partial charge < -0.3 is 159 Å². The third-order valence-corrected chi connectivity index (χ3v) is 14.6. The van der Waals surface area contributed by atoms with Gasteiger partial charge in [-0.2, -0.15) is 0 Å². The number of amides is 1. The monoisotopic (exact) mass is 1190 g/mol. The molecule has 30 atom stereocenters. The Hall–Kier alpha value is -2.59. The number of hydrogen-bond donors (Lipinski definition) is 20. The Bertz CT molecular complexity index is 1940. The molecule has 81 heavy (non-hydrogen) atoms. The van der Waals surface area contributed by atoms with Gasteiger partial charge in [0.25, 0.3) is 0 Å². The lowest BCUT2D eigenvalue weighted by Gasteiger charge is -2.49. The van der Waals surface area contributed by atoms with E-state index in [0.717, 1.165) is 0 Å². The van der Waals surface area contributed by atoms with Crippen molar-refractivity contribution < 1.29 is 168 Å². The average molecular weight is 1190 g/mol. The van der Waals surface area contributed by atoms with Crippen molar-refractivity contribution in [3.8, 4) is 0 Å². The molecular formula is C46H77NO34. The second-order valence-corrected chi connectivity index (χ2v) is 20.1. The molecule has 0 aromatic rings. The van der Waals surface area contributed by atoms with E-state index in [2.05, 4.69) is 5.32 Å². The van der Waals surface area contributed by atoms with Crippen molar-refractivity contribution in [1.82, 2.24) is 5.32 Å². The van der Waals surface area contributed by atoms with Gasteiger partial charge in [0.1, 0.15) is 146 Å². The van der Waals surface area contributed by atoms with Crippen LogP contribution in [0.1, 0.15) is 39.0 Å². The maximum absolute atomic E-state index is 12.6. The van der Waals surface area contributed by atoms with Gasteiger partial charge in [-0.25, -0.2) is 4.79 Å². The van der Waals surface area contributed by atoms with Crippen molar-refractivity contribution in [3.05, 3.63) is 0 Å². The predicted molar refractivity (Wildman–Crippen MR) is 250 cm³/mol. The molecule has 6 aliphatic heterocycles. The highest BCUT2D eigenvalue weighted by Gasteiger charge is 2.58. The number of hydrogen-bond acceptors (Lipinski definition) is 33. The summed E-state index contributed by atoms with van der Waals surface area (Å²) in [6.45, 7) is -3.44. The standard InChI is InChI=1S/C46H77NO34/c1-2-14(53)5-3-4-6-20(54)47-7-8-70-41-29(63)23(57)34(16(10-49)72-41)77-43-30(64)24(58)36(17(11-50)73-43)78-44-31(65)25(59)37(19(13-52)74-44)79-46-33(67)27(61)38(39(81-46)40(68)69)80-45-32(66)26(60)35(18(12-51)75-45)76-42-28(62)22(56)21(55)15(9-48)71-42/h15-19,21-39,41-46,48-52,55-67H,2-13H2,1H3,(H,47,54)(H,68,69)/t15?,16?,17?,18?,19?,21-,22?,23?,24?,25?,26?,27?,28?,29?,30?,31?,32?,33?,34+,35+,36-,37-,38+,39?,41+,42-,43-,44+,45-,46-/m1/s1. The molecule has 18 unspecified atom stereocenters. The zero-order valence-corrected chi connectivity index (χ0v) is 43.4. The highest BCUT2D eigenvalue weighted by atomic mass is 16.8. The molecule has 6 saturated heterocycles. The van der Waals surface area contributed by atoms with Gasteiger partial charge in [-0.15, -0.1) is 0 Å². The minimum absolute atomic E-state index is 0.0438. The molecule has 6 fully saturated rings. The highest BCUT2D eigenvalue weighted by molar-refractivity contribution is 5.78. The lowest BCUT2D eigenvalue weighted by Crippen LogP contribution is -2.68. The average Bonchev–Trinajstić information content (AvgIpc) is 3.56. The fourth-order valence-electron chi connectivity index (χ4n) is 9.85. The molecule has 6 aliphatic rings. The second-order valence-electron chi connectivity index (χ2n) is 20.1. The highest BCUT2D eigenvalue weighted by Crippen LogP contribution is 2.37. The Morgan fingerprint density at radius 1 is 0.395 bits per heavy atom. The number of aliphatic hydroxyl groups excluding tert-OH is 18. The van der Waals surface area contributed by atoms with Crippen molar-refractivity contribution >= 4 is 17.7 Å². The van der Waals surface area contributed by atoms with Crippen molar-refractivity contribution in [2.24, 2.45) is 0 Å². The van der Waals surface area contributed by atoms with E-state index in [-0.39, 0.29) is 31.3 Å². The Labute approximate surface area is 460 Å². The molecule has 470 valence electrons. The van der Waals surface area contributed by atoms with Gasteiger partial charge in [-0.1, -0.05) is 6.92 Å². The van der Waals surface area contributed by atoms with Crippen molar-refractivity contribution in [2.75, 3.05) is 46.2 Å². The molecule has 35 nitrogen and oxygen atoms in total. The predicted octanol–water partition coefficient (Wildman–Crippen LogP) is -12.3. The van der Waals surface area contributed by atoms with Gasteiger partial charge in [0.2, 0.25) is 5.91 Å². The fraction of sp³-hybridized carbons (Fsp3) is 0.935. The van der Waals surface area contributed by atoms with Crippen LogP contribution in [0.15, 0.2) is 0 Å².